The average Bonchev–Trinajstić information content (AvgIpc) is 2.54. The molecule has 2 rings (SSSR count). The lowest BCUT2D eigenvalue weighted by molar-refractivity contribution is -0.384. The van der Waals surface area contributed by atoms with E-state index in [2.05, 4.69) is 21.2 Å². The Labute approximate surface area is 140 Å². The molecule has 8 heteroatoms. The molecule has 0 unspecified atom stereocenters. The van der Waals surface area contributed by atoms with Crippen LogP contribution in [0.2, 0.25) is 0 Å². The van der Waals surface area contributed by atoms with Gasteiger partial charge in [0.05, 0.1) is 30.4 Å². The molecule has 0 aliphatic carbocycles. The second-order valence-electron chi connectivity index (χ2n) is 4.44. The minimum Gasteiger partial charge on any atom is -0.496 e. The summed E-state index contributed by atoms with van der Waals surface area (Å²) >= 11 is 3.29. The minimum absolute atomic E-state index is 0.151. The quantitative estimate of drug-likeness (QED) is 0.631. The predicted molar refractivity (Wildman–Crippen MR) is 88.3 cm³/mol. The van der Waals surface area contributed by atoms with E-state index in [-0.39, 0.29) is 16.9 Å². The standard InChI is InChI=1S/C15H13BrN2O5/c1-22-13-5-3-9(16)7-11(13)15(19)17-12-8-10(18(20)21)4-6-14(12)23-2/h3-8H,1-2H3,(H,17,19). The Morgan fingerprint density at radius 1 is 1.13 bits per heavy atom. The number of benzene rings is 2. The molecule has 0 fully saturated rings. The van der Waals surface area contributed by atoms with Crippen LogP contribution in [0, 0.1) is 10.1 Å². The lowest BCUT2D eigenvalue weighted by Crippen LogP contribution is -2.14. The Kier molecular flexibility index (Phi) is 5.17. The number of rotatable bonds is 5. The van der Waals surface area contributed by atoms with Crippen LogP contribution >= 0.6 is 15.9 Å². The molecule has 23 heavy (non-hydrogen) atoms. The summed E-state index contributed by atoms with van der Waals surface area (Å²) in [5, 5.41) is 13.5. The van der Waals surface area contributed by atoms with Crippen molar-refractivity contribution in [3.63, 3.8) is 0 Å². The smallest absolute Gasteiger partial charge is 0.271 e. The van der Waals surface area contributed by atoms with Gasteiger partial charge in [-0.25, -0.2) is 0 Å². The van der Waals surface area contributed by atoms with Gasteiger partial charge in [-0.05, 0) is 24.3 Å². The highest BCUT2D eigenvalue weighted by Gasteiger charge is 2.17. The lowest BCUT2D eigenvalue weighted by atomic mass is 10.1. The number of carbonyl (C=O) groups excluding carboxylic acids is 1. The van der Waals surface area contributed by atoms with Crippen LogP contribution in [0.15, 0.2) is 40.9 Å². The molecule has 0 saturated heterocycles. The van der Waals surface area contributed by atoms with Crippen molar-refractivity contribution in [1.29, 1.82) is 0 Å². The van der Waals surface area contributed by atoms with Gasteiger partial charge in [0.15, 0.2) is 0 Å². The number of hydrogen-bond donors (Lipinski definition) is 1. The molecule has 0 atom stereocenters. The van der Waals surface area contributed by atoms with E-state index in [1.165, 1.54) is 32.4 Å². The SMILES string of the molecule is COc1ccc([N+](=O)[O-])cc1NC(=O)c1cc(Br)ccc1OC. The van der Waals surface area contributed by atoms with Crippen molar-refractivity contribution in [2.24, 2.45) is 0 Å². The number of nitrogens with one attached hydrogen (secondary N) is 1. The molecule has 0 bridgehead atoms. The minimum atomic E-state index is -0.547. The highest BCUT2D eigenvalue weighted by atomic mass is 79.9. The summed E-state index contributed by atoms with van der Waals surface area (Å²) in [5.41, 5.74) is 0.339. The zero-order valence-electron chi connectivity index (χ0n) is 12.3. The molecule has 0 aromatic heterocycles. The molecule has 0 aliphatic rings. The maximum absolute atomic E-state index is 12.5. The van der Waals surface area contributed by atoms with Gasteiger partial charge in [0, 0.05) is 16.6 Å². The first-order valence-electron chi connectivity index (χ1n) is 6.43. The first kappa shape index (κ1) is 16.8. The van der Waals surface area contributed by atoms with Crippen LogP contribution in [-0.4, -0.2) is 25.1 Å². The third-order valence-electron chi connectivity index (χ3n) is 3.05. The van der Waals surface area contributed by atoms with Crippen LogP contribution in [-0.2, 0) is 0 Å². The van der Waals surface area contributed by atoms with E-state index in [0.717, 1.165) is 0 Å². The number of hydrogen-bond acceptors (Lipinski definition) is 5. The normalized spacial score (nSPS) is 10.0. The van der Waals surface area contributed by atoms with Gasteiger partial charge in [-0.2, -0.15) is 0 Å². The number of anilines is 1. The molecule has 2 aromatic carbocycles. The fraction of sp³-hybridized carbons (Fsp3) is 0.133. The first-order chi connectivity index (χ1) is 11.0. The lowest BCUT2D eigenvalue weighted by Gasteiger charge is -2.12. The zero-order chi connectivity index (χ0) is 17.0. The van der Waals surface area contributed by atoms with Crippen molar-refractivity contribution >= 4 is 33.2 Å². The van der Waals surface area contributed by atoms with Crippen LogP contribution in [0.1, 0.15) is 10.4 Å². The fourth-order valence-electron chi connectivity index (χ4n) is 1.95. The van der Waals surface area contributed by atoms with E-state index in [0.29, 0.717) is 16.0 Å². The summed E-state index contributed by atoms with van der Waals surface area (Å²) in [6, 6.07) is 8.94. The molecular weight excluding hydrogens is 368 g/mol. The van der Waals surface area contributed by atoms with E-state index in [1.807, 2.05) is 0 Å². The van der Waals surface area contributed by atoms with Crippen molar-refractivity contribution in [3.8, 4) is 11.5 Å². The molecule has 7 nitrogen and oxygen atoms in total. The number of methoxy groups -OCH3 is 2. The fourth-order valence-corrected chi connectivity index (χ4v) is 2.32. The molecule has 1 amide bonds. The molecule has 2 aromatic rings. The topological polar surface area (TPSA) is 90.7 Å². The third-order valence-corrected chi connectivity index (χ3v) is 3.54. The van der Waals surface area contributed by atoms with Gasteiger partial charge >= 0.3 is 0 Å². The number of nitrogens with zero attached hydrogens (tertiary/aromatic N) is 1. The predicted octanol–water partition coefficient (Wildman–Crippen LogP) is 3.63. The summed E-state index contributed by atoms with van der Waals surface area (Å²) in [4.78, 5) is 22.8. The van der Waals surface area contributed by atoms with E-state index >= 15 is 0 Å². The number of nitro groups is 1. The monoisotopic (exact) mass is 380 g/mol. The Bertz CT molecular complexity index is 764. The van der Waals surface area contributed by atoms with Crippen LogP contribution in [0.3, 0.4) is 0 Å². The maximum atomic E-state index is 12.5. The third kappa shape index (κ3) is 3.78. The summed E-state index contributed by atoms with van der Waals surface area (Å²) in [7, 11) is 2.87. The van der Waals surface area contributed by atoms with Gasteiger partial charge in [-0.3, -0.25) is 14.9 Å². The number of halogens is 1. The van der Waals surface area contributed by atoms with E-state index in [9.17, 15) is 14.9 Å². The van der Waals surface area contributed by atoms with Crippen molar-refractivity contribution in [2.45, 2.75) is 0 Å². The summed E-state index contributed by atoms with van der Waals surface area (Å²) in [6.07, 6.45) is 0. The van der Waals surface area contributed by atoms with Crippen LogP contribution in [0.25, 0.3) is 0 Å². The maximum Gasteiger partial charge on any atom is 0.271 e. The number of ether oxygens (including phenoxy) is 2. The molecule has 0 radical (unpaired) electrons. The second kappa shape index (κ2) is 7.10. The molecule has 0 heterocycles. The molecular formula is C15H13BrN2O5. The molecule has 0 saturated carbocycles. The largest absolute Gasteiger partial charge is 0.496 e. The Morgan fingerprint density at radius 3 is 2.39 bits per heavy atom. The second-order valence-corrected chi connectivity index (χ2v) is 5.36. The van der Waals surface area contributed by atoms with Crippen LogP contribution in [0.5, 0.6) is 11.5 Å². The number of amides is 1. The Hall–Kier alpha value is -2.61. The van der Waals surface area contributed by atoms with Crippen molar-refractivity contribution in [1.82, 2.24) is 0 Å². The summed E-state index contributed by atoms with van der Waals surface area (Å²) in [6.45, 7) is 0. The van der Waals surface area contributed by atoms with E-state index in [4.69, 9.17) is 9.47 Å². The number of nitro benzene ring substituents is 1. The zero-order valence-corrected chi connectivity index (χ0v) is 13.9. The highest BCUT2D eigenvalue weighted by Crippen LogP contribution is 2.30. The van der Waals surface area contributed by atoms with Gasteiger partial charge in [0.2, 0.25) is 0 Å². The summed E-state index contributed by atoms with van der Waals surface area (Å²) < 4.78 is 11.0. The van der Waals surface area contributed by atoms with Crippen LogP contribution in [0.4, 0.5) is 11.4 Å². The van der Waals surface area contributed by atoms with E-state index < -0.39 is 10.8 Å². The van der Waals surface area contributed by atoms with Gasteiger partial charge in [-0.15, -0.1) is 0 Å². The highest BCUT2D eigenvalue weighted by molar-refractivity contribution is 9.10. The number of non-ortho nitro benzene ring substituents is 1. The van der Waals surface area contributed by atoms with Gasteiger partial charge < -0.3 is 14.8 Å². The molecule has 120 valence electrons. The molecule has 0 aliphatic heterocycles. The van der Waals surface area contributed by atoms with Crippen molar-refractivity contribution < 1.29 is 19.2 Å². The summed E-state index contributed by atoms with van der Waals surface area (Å²) in [5.74, 6) is 0.231. The van der Waals surface area contributed by atoms with E-state index in [1.54, 1.807) is 18.2 Å². The molecule has 1 N–H and O–H groups in total. The van der Waals surface area contributed by atoms with Crippen molar-refractivity contribution in [2.75, 3.05) is 19.5 Å². The Morgan fingerprint density at radius 2 is 1.78 bits per heavy atom. The first-order valence-corrected chi connectivity index (χ1v) is 7.23. The number of carbonyl (C=O) groups is 1. The Balaban J connectivity index is 2.38. The van der Waals surface area contributed by atoms with Crippen LogP contribution < -0.4 is 14.8 Å². The van der Waals surface area contributed by atoms with Crippen molar-refractivity contribution in [3.05, 3.63) is 56.5 Å². The molecule has 0 spiro atoms. The van der Waals surface area contributed by atoms with Gasteiger partial charge in [0.25, 0.3) is 11.6 Å². The van der Waals surface area contributed by atoms with Gasteiger partial charge in [-0.1, -0.05) is 15.9 Å². The average molecular weight is 381 g/mol. The van der Waals surface area contributed by atoms with Gasteiger partial charge in [0.1, 0.15) is 11.5 Å².